The van der Waals surface area contributed by atoms with Gasteiger partial charge in [-0.1, -0.05) is 24.3 Å². The van der Waals surface area contributed by atoms with Gasteiger partial charge in [0.1, 0.15) is 0 Å². The molecule has 0 atom stereocenters. The van der Waals surface area contributed by atoms with Gasteiger partial charge in [0.2, 0.25) is 0 Å². The summed E-state index contributed by atoms with van der Waals surface area (Å²) in [6.07, 6.45) is -12.2. The number of benzene rings is 1. The van der Waals surface area contributed by atoms with Crippen molar-refractivity contribution in [3.8, 4) is 0 Å². The third kappa shape index (κ3) is 2.28. The van der Waals surface area contributed by atoms with E-state index in [-0.39, 0.29) is 0 Å². The predicted octanol–water partition coefficient (Wildman–Crippen LogP) is 4.71. The monoisotopic (exact) mass is 294 g/mol. The van der Waals surface area contributed by atoms with Crippen LogP contribution >= 0.6 is 11.6 Å². The first kappa shape index (κ1) is 15.1. The zero-order valence-corrected chi connectivity index (χ0v) is 9.30. The quantitative estimate of drug-likeness (QED) is 0.547. The van der Waals surface area contributed by atoms with E-state index in [0.29, 0.717) is 6.07 Å². The highest BCUT2D eigenvalue weighted by molar-refractivity contribution is 6.17. The van der Waals surface area contributed by atoms with Crippen molar-refractivity contribution in [1.29, 1.82) is 0 Å². The van der Waals surface area contributed by atoms with Crippen LogP contribution in [0.1, 0.15) is 11.1 Å². The van der Waals surface area contributed by atoms with Crippen molar-refractivity contribution in [2.24, 2.45) is 0 Å². The lowest BCUT2D eigenvalue weighted by Gasteiger charge is -2.31. The molecular weight excluding hydrogens is 289 g/mol. The topological polar surface area (TPSA) is 0 Å². The molecule has 0 N–H and O–H groups in total. The average molecular weight is 295 g/mol. The number of halogens is 8. The van der Waals surface area contributed by atoms with Crippen LogP contribution in [0.5, 0.6) is 0 Å². The summed E-state index contributed by atoms with van der Waals surface area (Å²) in [6.45, 7) is 0. The lowest BCUT2D eigenvalue weighted by molar-refractivity contribution is -0.348. The smallest absolute Gasteiger partial charge is 0.218 e. The van der Waals surface area contributed by atoms with Crippen molar-refractivity contribution in [1.82, 2.24) is 0 Å². The molecule has 0 aliphatic rings. The molecule has 0 fully saturated rings. The molecule has 0 aliphatic heterocycles. The first-order valence-electron chi connectivity index (χ1n) is 4.52. The highest BCUT2D eigenvalue weighted by Gasteiger charge is 2.73. The number of rotatable bonds is 2. The number of hydrogen-bond donors (Lipinski definition) is 0. The van der Waals surface area contributed by atoms with E-state index in [2.05, 4.69) is 0 Å². The summed E-state index contributed by atoms with van der Waals surface area (Å²) >= 11 is 5.24. The van der Waals surface area contributed by atoms with Crippen LogP contribution in [0, 0.1) is 0 Å². The molecule has 0 saturated heterocycles. The molecule has 0 unspecified atom stereocenters. The van der Waals surface area contributed by atoms with E-state index < -0.39 is 35.0 Å². The Labute approximate surface area is 102 Å². The van der Waals surface area contributed by atoms with Gasteiger partial charge in [-0.3, -0.25) is 0 Å². The molecule has 0 bridgehead atoms. The van der Waals surface area contributed by atoms with Crippen LogP contribution in [0.3, 0.4) is 0 Å². The molecule has 18 heavy (non-hydrogen) atoms. The molecule has 0 spiro atoms. The van der Waals surface area contributed by atoms with Crippen molar-refractivity contribution in [3.63, 3.8) is 0 Å². The van der Waals surface area contributed by atoms with Crippen LogP contribution in [-0.4, -0.2) is 12.4 Å². The highest BCUT2D eigenvalue weighted by Crippen LogP contribution is 2.54. The first-order chi connectivity index (χ1) is 8.05. The average Bonchev–Trinajstić information content (AvgIpc) is 2.24. The predicted molar refractivity (Wildman–Crippen MR) is 50.9 cm³/mol. The fourth-order valence-electron chi connectivity index (χ4n) is 1.44. The molecule has 1 rings (SSSR count). The van der Waals surface area contributed by atoms with Gasteiger partial charge in [-0.25, -0.2) is 4.39 Å². The standard InChI is InChI=1S/C10H6ClF7/c11-5-6-3-1-2-4-7(6)8(12,9(13,14)15)10(16,17)18/h1-4H,5H2. The van der Waals surface area contributed by atoms with E-state index in [4.69, 9.17) is 11.6 Å². The van der Waals surface area contributed by atoms with E-state index >= 15 is 0 Å². The highest BCUT2D eigenvalue weighted by atomic mass is 35.5. The second kappa shape index (κ2) is 4.60. The Balaban J connectivity index is 3.56. The maximum absolute atomic E-state index is 13.7. The Morgan fingerprint density at radius 2 is 1.28 bits per heavy atom. The van der Waals surface area contributed by atoms with Gasteiger partial charge in [0.25, 0.3) is 0 Å². The van der Waals surface area contributed by atoms with E-state index in [1.165, 1.54) is 6.07 Å². The zero-order valence-electron chi connectivity index (χ0n) is 8.54. The molecule has 102 valence electrons. The molecule has 1 aromatic carbocycles. The largest absolute Gasteiger partial charge is 0.435 e. The van der Waals surface area contributed by atoms with Gasteiger partial charge in [0, 0.05) is 11.4 Å². The number of alkyl halides is 8. The molecule has 0 nitrogen and oxygen atoms in total. The van der Waals surface area contributed by atoms with Crippen LogP contribution in [0.2, 0.25) is 0 Å². The summed E-state index contributed by atoms with van der Waals surface area (Å²) in [6, 6.07) is 3.40. The lowest BCUT2D eigenvalue weighted by Crippen LogP contribution is -2.50. The summed E-state index contributed by atoms with van der Waals surface area (Å²) in [5, 5.41) is 0. The Morgan fingerprint density at radius 1 is 0.833 bits per heavy atom. The summed E-state index contributed by atoms with van der Waals surface area (Å²) in [5.41, 5.74) is -7.51. The van der Waals surface area contributed by atoms with Gasteiger partial charge in [-0.2, -0.15) is 26.3 Å². The van der Waals surface area contributed by atoms with Gasteiger partial charge in [-0.15, -0.1) is 11.6 Å². The molecule has 8 heteroatoms. The van der Waals surface area contributed by atoms with Crippen LogP contribution < -0.4 is 0 Å². The minimum Gasteiger partial charge on any atom is -0.218 e. The Bertz CT molecular complexity index is 407. The maximum Gasteiger partial charge on any atom is 0.435 e. The van der Waals surface area contributed by atoms with Gasteiger partial charge in [0.05, 0.1) is 0 Å². The van der Waals surface area contributed by atoms with E-state index in [1.54, 1.807) is 0 Å². The van der Waals surface area contributed by atoms with Crippen LogP contribution in [0.4, 0.5) is 30.7 Å². The Hall–Kier alpha value is -0.980. The second-order valence-corrected chi connectivity index (χ2v) is 3.71. The Kier molecular flexibility index (Phi) is 3.86. The summed E-state index contributed by atoms with van der Waals surface area (Å²) < 4.78 is 88.5. The van der Waals surface area contributed by atoms with Crippen LogP contribution in [0.25, 0.3) is 0 Å². The fourth-order valence-corrected chi connectivity index (χ4v) is 1.67. The van der Waals surface area contributed by atoms with Gasteiger partial charge < -0.3 is 0 Å². The molecular formula is C10H6ClF7. The third-order valence-corrected chi connectivity index (χ3v) is 2.60. The van der Waals surface area contributed by atoms with Crippen LogP contribution in [0.15, 0.2) is 24.3 Å². The van der Waals surface area contributed by atoms with E-state index in [9.17, 15) is 30.7 Å². The first-order valence-corrected chi connectivity index (χ1v) is 5.06. The third-order valence-electron chi connectivity index (χ3n) is 2.31. The van der Waals surface area contributed by atoms with Gasteiger partial charge >= 0.3 is 18.0 Å². The van der Waals surface area contributed by atoms with Gasteiger partial charge in [0.15, 0.2) is 0 Å². The van der Waals surface area contributed by atoms with E-state index in [1.807, 2.05) is 0 Å². The van der Waals surface area contributed by atoms with Crippen molar-refractivity contribution in [3.05, 3.63) is 35.4 Å². The number of hydrogen-bond acceptors (Lipinski definition) is 0. The lowest BCUT2D eigenvalue weighted by atomic mass is 9.90. The second-order valence-electron chi connectivity index (χ2n) is 3.44. The molecule has 0 amide bonds. The minimum atomic E-state index is -6.12. The molecule has 0 saturated carbocycles. The van der Waals surface area contributed by atoms with Crippen molar-refractivity contribution in [2.75, 3.05) is 0 Å². The summed E-state index contributed by atoms with van der Waals surface area (Å²) in [4.78, 5) is 0. The summed E-state index contributed by atoms with van der Waals surface area (Å²) in [5.74, 6) is -0.659. The fraction of sp³-hybridized carbons (Fsp3) is 0.400. The summed E-state index contributed by atoms with van der Waals surface area (Å²) in [7, 11) is 0. The van der Waals surface area contributed by atoms with Crippen LogP contribution in [-0.2, 0) is 11.5 Å². The zero-order chi connectivity index (χ0) is 14.2. The normalized spacial score (nSPS) is 13.8. The van der Waals surface area contributed by atoms with Gasteiger partial charge in [-0.05, 0) is 5.56 Å². The SMILES string of the molecule is FC(F)(F)C(F)(c1ccccc1CCl)C(F)(F)F. The molecule has 0 heterocycles. The van der Waals surface area contributed by atoms with Crippen molar-refractivity contribution in [2.45, 2.75) is 23.9 Å². The molecule has 1 aromatic rings. The van der Waals surface area contributed by atoms with E-state index in [0.717, 1.165) is 12.1 Å². The molecule has 0 radical (unpaired) electrons. The van der Waals surface area contributed by atoms with Crippen molar-refractivity contribution >= 4 is 11.6 Å². The van der Waals surface area contributed by atoms with Crippen molar-refractivity contribution < 1.29 is 30.7 Å². The Morgan fingerprint density at radius 3 is 1.67 bits per heavy atom. The molecule has 0 aliphatic carbocycles. The molecule has 0 aromatic heterocycles. The maximum atomic E-state index is 13.7. The minimum absolute atomic E-state index is 0.429.